The van der Waals surface area contributed by atoms with E-state index in [4.69, 9.17) is 42.6 Å². The molecule has 1 aromatic rings. The largest absolute Gasteiger partial charge is 1.00 e. The molecule has 4 aliphatic heterocycles. The molecule has 4 saturated heterocycles. The maximum Gasteiger partial charge on any atom is 1.00 e. The Morgan fingerprint density at radius 1 is 0.778 bits per heavy atom. The van der Waals surface area contributed by atoms with E-state index in [-0.39, 0.29) is 35.3 Å². The zero-order chi connectivity index (χ0) is 45.8. The smallest absolute Gasteiger partial charge is 0.862 e. The van der Waals surface area contributed by atoms with Crippen molar-refractivity contribution in [1.29, 1.82) is 0 Å². The molecular weight excluding hydrogens is 869 g/mol. The summed E-state index contributed by atoms with van der Waals surface area (Å²) in [4.78, 5) is 16.5. The predicted molar refractivity (Wildman–Crippen MR) is 193 cm³/mol. The molecule has 0 bridgehead atoms. The summed E-state index contributed by atoms with van der Waals surface area (Å²) in [5.41, 5.74) is 0. The Kier molecular flexibility index (Phi) is 19.7. The monoisotopic (exact) mass is 923 g/mol. The maximum absolute atomic E-state index is 12.8. The molecule has 14 N–H and O–H groups in total. The molecule has 21 atom stereocenters. The summed E-state index contributed by atoms with van der Waals surface area (Å²) < 4.78 is 50.3. The Balaban J connectivity index is 0.00000871. The van der Waals surface area contributed by atoms with Gasteiger partial charge in [-0.15, -0.1) is 0 Å². The zero-order valence-corrected chi connectivity index (χ0v) is 36.1. The van der Waals surface area contributed by atoms with Crippen LogP contribution in [0.5, 0.6) is 11.5 Å². The number of aliphatic imine (C=N–C) groups is 1. The minimum atomic E-state index is -3.00. The number of carboxylic acids is 1. The van der Waals surface area contributed by atoms with E-state index >= 15 is 0 Å². The SMILES string of the molecule is COc1ccc(O[C@@H]2O[C@H](CO)[C@@H](O[C@@H]3O[C@H](CO[C@]4(C(=O)O)C[C@H](O)[C@@H](N=C(C)[O-])[C@H]([C@H](O)[C@H](O)CO)O4)[C@H](O)[C@H](O[C@@H]4O[C@H](CO)[C@H](O)[C@H](O)[C@H]4O)[C@H]3O)[C@H](O)[C@H]2O)cc1.[Na+]. The first kappa shape index (κ1) is 53.6. The van der Waals surface area contributed by atoms with Crippen molar-refractivity contribution in [2.24, 2.45) is 4.99 Å². The Labute approximate surface area is 380 Å². The van der Waals surface area contributed by atoms with Gasteiger partial charge in [-0.1, -0.05) is 0 Å². The first-order valence-electron chi connectivity index (χ1n) is 19.3. The number of ether oxygens (including phenoxy) is 9. The second kappa shape index (κ2) is 23.1. The van der Waals surface area contributed by atoms with Crippen molar-refractivity contribution in [2.75, 3.05) is 33.5 Å². The predicted octanol–water partition coefficient (Wildman–Crippen LogP) is -11.7. The fourth-order valence-corrected chi connectivity index (χ4v) is 7.34. The summed E-state index contributed by atoms with van der Waals surface area (Å²) in [5, 5.41) is 160. The minimum Gasteiger partial charge on any atom is -0.862 e. The minimum absolute atomic E-state index is 0. The third kappa shape index (κ3) is 11.9. The molecule has 0 spiro atoms. The Bertz CT molecular complexity index is 1610. The van der Waals surface area contributed by atoms with Crippen LogP contribution in [-0.2, 0) is 38.0 Å². The van der Waals surface area contributed by atoms with Gasteiger partial charge in [-0.25, -0.2) is 4.79 Å². The van der Waals surface area contributed by atoms with E-state index in [1.165, 1.54) is 31.4 Å². The van der Waals surface area contributed by atoms with Crippen LogP contribution in [0.4, 0.5) is 0 Å². The van der Waals surface area contributed by atoms with Crippen LogP contribution in [0.2, 0.25) is 0 Å². The topological polar surface area (TPSA) is 419 Å². The van der Waals surface area contributed by atoms with Crippen molar-refractivity contribution < 1.29 is 154 Å². The van der Waals surface area contributed by atoms with Gasteiger partial charge in [-0.3, -0.25) is 4.99 Å². The third-order valence-corrected chi connectivity index (χ3v) is 10.8. The number of aliphatic hydroxyl groups excluding tert-OH is 13. The summed E-state index contributed by atoms with van der Waals surface area (Å²) in [6, 6.07) is 4.28. The molecule has 0 radical (unpaired) electrons. The second-order valence-corrected chi connectivity index (χ2v) is 15.0. The van der Waals surface area contributed by atoms with Gasteiger partial charge in [0, 0.05) is 6.42 Å². The molecule has 0 aliphatic carbocycles. The average Bonchev–Trinajstić information content (AvgIpc) is 3.25. The van der Waals surface area contributed by atoms with Crippen LogP contribution in [-0.4, -0.2) is 245 Å². The molecule has 0 saturated carbocycles. The van der Waals surface area contributed by atoms with Gasteiger partial charge in [0.1, 0.15) is 109 Å². The molecule has 0 aromatic heterocycles. The molecule has 1 aromatic carbocycles. The van der Waals surface area contributed by atoms with E-state index in [1.54, 1.807) is 0 Å². The van der Waals surface area contributed by atoms with Gasteiger partial charge in [0.15, 0.2) is 12.6 Å². The Morgan fingerprint density at radius 2 is 1.33 bits per heavy atom. The van der Waals surface area contributed by atoms with Crippen LogP contribution in [0.1, 0.15) is 13.3 Å². The van der Waals surface area contributed by atoms with Crippen LogP contribution in [0, 0.1) is 0 Å². The fraction of sp³-hybridized carbons (Fsp3) is 0.778. The first-order valence-corrected chi connectivity index (χ1v) is 19.3. The van der Waals surface area contributed by atoms with Gasteiger partial charge in [0.25, 0.3) is 5.79 Å². The van der Waals surface area contributed by atoms with E-state index in [0.717, 1.165) is 6.92 Å². The fourth-order valence-electron chi connectivity index (χ4n) is 7.34. The van der Waals surface area contributed by atoms with Gasteiger partial charge < -0.3 is 119 Å². The van der Waals surface area contributed by atoms with Crippen molar-refractivity contribution in [2.45, 2.75) is 142 Å². The maximum atomic E-state index is 12.8. The van der Waals surface area contributed by atoms with Gasteiger partial charge >= 0.3 is 35.5 Å². The summed E-state index contributed by atoms with van der Waals surface area (Å²) >= 11 is 0. The molecule has 4 fully saturated rings. The summed E-state index contributed by atoms with van der Waals surface area (Å²) in [6.45, 7) is -3.04. The molecule has 5 rings (SSSR count). The van der Waals surface area contributed by atoms with Gasteiger partial charge in [-0.2, -0.15) is 0 Å². The molecule has 4 aliphatic rings. The number of rotatable bonds is 17. The number of carboxylic acid groups (broad SMARTS) is 1. The van der Waals surface area contributed by atoms with Crippen molar-refractivity contribution in [3.8, 4) is 11.5 Å². The van der Waals surface area contributed by atoms with Crippen LogP contribution < -0.4 is 44.1 Å². The second-order valence-electron chi connectivity index (χ2n) is 15.0. The van der Waals surface area contributed by atoms with Gasteiger partial charge in [-0.05, 0) is 37.1 Å². The summed E-state index contributed by atoms with van der Waals surface area (Å²) in [6.07, 6.45) is -38.0. The number of carbonyl (C=O) groups is 1. The molecule has 27 heteroatoms. The number of hydrogen-bond acceptors (Lipinski definition) is 25. The van der Waals surface area contributed by atoms with E-state index < -0.39 is 173 Å². The van der Waals surface area contributed by atoms with E-state index in [0.29, 0.717) is 5.75 Å². The number of aliphatic carboxylic acids is 1. The number of methoxy groups -OCH3 is 1. The molecule has 63 heavy (non-hydrogen) atoms. The van der Waals surface area contributed by atoms with Crippen molar-refractivity contribution >= 4 is 11.9 Å². The molecule has 4 heterocycles. The van der Waals surface area contributed by atoms with Crippen LogP contribution in [0.15, 0.2) is 29.3 Å². The third-order valence-electron chi connectivity index (χ3n) is 10.8. The average molecular weight is 924 g/mol. The van der Waals surface area contributed by atoms with E-state index in [9.17, 15) is 81.4 Å². The molecular formula is C36H54NNaO25. The summed E-state index contributed by atoms with van der Waals surface area (Å²) in [7, 11) is 1.43. The Hall–Kier alpha value is -2.04. The Morgan fingerprint density at radius 3 is 1.90 bits per heavy atom. The van der Waals surface area contributed by atoms with Crippen LogP contribution in [0.25, 0.3) is 0 Å². The number of benzene rings is 1. The van der Waals surface area contributed by atoms with Crippen molar-refractivity contribution in [3.05, 3.63) is 24.3 Å². The van der Waals surface area contributed by atoms with Gasteiger partial charge in [0.2, 0.25) is 6.29 Å². The number of nitrogens with zero attached hydrogens (tertiary/aromatic N) is 1. The van der Waals surface area contributed by atoms with E-state index in [2.05, 4.69) is 4.99 Å². The number of hydrogen-bond donors (Lipinski definition) is 14. The standard InChI is InChI=1S/C36H55NO25.Na/c1-12(41)37-20-15(42)7-36(35(52)53,62-30(20)21(44)16(43)8-38)55-11-19-23(46)31(61-33-26(49)24(47)22(45)17(9-39)57-33)28(51)34(59-19)60-29-18(10-40)58-32(27(50)25(29)48)56-14-5-3-13(54-2)4-6-14;/h3-6,15-34,38-40,42-51H,7-11H2,1-2H3,(H,37,41)(H,52,53);/q;+1/p-1/t15-,16+,17+,18+,19+,20+,21+,22-,23-,24-,25+,26+,27+,28+,29+,30+,31-,32+,33-,34-,36+;/m0./s1. The van der Waals surface area contributed by atoms with Crippen molar-refractivity contribution in [3.63, 3.8) is 0 Å². The number of aliphatic hydroxyl groups is 13. The first-order chi connectivity index (χ1) is 29.3. The molecule has 26 nitrogen and oxygen atoms in total. The quantitative estimate of drug-likeness (QED) is 0.0392. The van der Waals surface area contributed by atoms with Crippen LogP contribution >= 0.6 is 0 Å². The molecule has 0 unspecified atom stereocenters. The van der Waals surface area contributed by atoms with Gasteiger partial charge in [0.05, 0.1) is 39.6 Å². The molecule has 354 valence electrons. The summed E-state index contributed by atoms with van der Waals surface area (Å²) in [5.74, 6) is -5.23. The zero-order valence-electron chi connectivity index (χ0n) is 34.1. The molecule has 0 amide bonds. The van der Waals surface area contributed by atoms with Crippen molar-refractivity contribution in [1.82, 2.24) is 0 Å². The van der Waals surface area contributed by atoms with E-state index in [1.807, 2.05) is 0 Å². The van der Waals surface area contributed by atoms with Crippen LogP contribution in [0.3, 0.4) is 0 Å². The normalized spacial score (nSPS) is 42.1.